The van der Waals surface area contributed by atoms with Gasteiger partial charge in [-0.15, -0.1) is 0 Å². The van der Waals surface area contributed by atoms with E-state index in [1.54, 1.807) is 6.20 Å². The van der Waals surface area contributed by atoms with Gasteiger partial charge in [-0.2, -0.15) is 5.10 Å². The number of nitrogens with one attached hydrogen (secondary N) is 1. The molecule has 7 nitrogen and oxygen atoms in total. The Hall–Kier alpha value is -3.22. The molecule has 2 atom stereocenters. The fraction of sp³-hybridized carbons (Fsp3) is 0.333. The van der Waals surface area contributed by atoms with Crippen LogP contribution in [0.3, 0.4) is 0 Å². The molecule has 1 amide bonds. The van der Waals surface area contributed by atoms with E-state index >= 15 is 0 Å². The highest BCUT2D eigenvalue weighted by Gasteiger charge is 2.43. The molecule has 0 aliphatic carbocycles. The average molecular weight is 374 g/mol. The minimum Gasteiger partial charge on any atom is -0.370 e. The van der Waals surface area contributed by atoms with Gasteiger partial charge in [-0.1, -0.05) is 6.07 Å². The zero-order valence-corrected chi connectivity index (χ0v) is 16.0. The number of rotatable bonds is 3. The number of hydrogen-bond donors (Lipinski definition) is 1. The Morgan fingerprint density at radius 1 is 1.25 bits per heavy atom. The van der Waals surface area contributed by atoms with E-state index in [2.05, 4.69) is 26.4 Å². The van der Waals surface area contributed by atoms with Crippen molar-refractivity contribution in [1.29, 1.82) is 0 Å². The summed E-state index contributed by atoms with van der Waals surface area (Å²) in [5, 5.41) is 7.32. The van der Waals surface area contributed by atoms with Gasteiger partial charge in [-0.05, 0) is 43.5 Å². The van der Waals surface area contributed by atoms with Crippen LogP contribution in [0.2, 0.25) is 0 Å². The third-order valence-corrected chi connectivity index (χ3v) is 5.94. The van der Waals surface area contributed by atoms with Gasteiger partial charge in [0.15, 0.2) is 0 Å². The van der Waals surface area contributed by atoms with Crippen LogP contribution < -0.4 is 10.2 Å². The van der Waals surface area contributed by atoms with E-state index in [1.165, 1.54) is 0 Å². The van der Waals surface area contributed by atoms with Crippen LogP contribution >= 0.6 is 0 Å². The normalized spacial score (nSPS) is 20.1. The molecule has 5 heterocycles. The van der Waals surface area contributed by atoms with Crippen LogP contribution in [-0.4, -0.2) is 38.7 Å². The summed E-state index contributed by atoms with van der Waals surface area (Å²) in [7, 11) is 1.92. The molecule has 0 saturated carbocycles. The van der Waals surface area contributed by atoms with E-state index in [-0.39, 0.29) is 17.7 Å². The fourth-order valence-corrected chi connectivity index (χ4v) is 4.34. The van der Waals surface area contributed by atoms with Crippen LogP contribution in [0, 0.1) is 12.8 Å². The lowest BCUT2D eigenvalue weighted by molar-refractivity contribution is -0.118. The van der Waals surface area contributed by atoms with Gasteiger partial charge in [0.05, 0.1) is 29.2 Å². The van der Waals surface area contributed by atoms with Crippen LogP contribution in [0.4, 0.5) is 11.5 Å². The predicted molar refractivity (Wildman–Crippen MR) is 107 cm³/mol. The molecule has 5 rings (SSSR count). The summed E-state index contributed by atoms with van der Waals surface area (Å²) < 4.78 is 1.84. The lowest BCUT2D eigenvalue weighted by atomic mass is 9.84. The Labute approximate surface area is 163 Å². The van der Waals surface area contributed by atoms with E-state index in [0.29, 0.717) is 5.82 Å². The molecular formula is C21H22N6O. The highest BCUT2D eigenvalue weighted by Crippen LogP contribution is 2.44. The predicted octanol–water partition coefficient (Wildman–Crippen LogP) is 2.75. The average Bonchev–Trinajstić information content (AvgIpc) is 3.27. The lowest BCUT2D eigenvalue weighted by Crippen LogP contribution is -2.36. The summed E-state index contributed by atoms with van der Waals surface area (Å²) >= 11 is 0. The fourth-order valence-electron chi connectivity index (χ4n) is 4.34. The van der Waals surface area contributed by atoms with E-state index in [9.17, 15) is 4.79 Å². The van der Waals surface area contributed by atoms with Gasteiger partial charge in [0.2, 0.25) is 5.91 Å². The van der Waals surface area contributed by atoms with Crippen LogP contribution in [0.5, 0.6) is 0 Å². The van der Waals surface area contributed by atoms with Crippen molar-refractivity contribution >= 4 is 17.4 Å². The zero-order valence-electron chi connectivity index (χ0n) is 16.0. The maximum absolute atomic E-state index is 13.2. The summed E-state index contributed by atoms with van der Waals surface area (Å²) in [6, 6.07) is 9.66. The van der Waals surface area contributed by atoms with Crippen LogP contribution in [0.25, 0.3) is 11.3 Å². The molecule has 28 heavy (non-hydrogen) atoms. The topological polar surface area (TPSA) is 75.9 Å². The van der Waals surface area contributed by atoms with Gasteiger partial charge in [0, 0.05) is 37.6 Å². The minimum atomic E-state index is -0.271. The van der Waals surface area contributed by atoms with Gasteiger partial charge in [0.1, 0.15) is 5.82 Å². The highest BCUT2D eigenvalue weighted by atomic mass is 16.2. The Morgan fingerprint density at radius 2 is 2.14 bits per heavy atom. The van der Waals surface area contributed by atoms with Crippen molar-refractivity contribution in [2.24, 2.45) is 13.0 Å². The van der Waals surface area contributed by atoms with Gasteiger partial charge in [-0.3, -0.25) is 9.48 Å². The number of pyridine rings is 2. The zero-order chi connectivity index (χ0) is 19.3. The number of carbonyl (C=O) groups is 1. The van der Waals surface area contributed by atoms with Crippen molar-refractivity contribution < 1.29 is 4.79 Å². The number of aryl methyl sites for hydroxylation is 1. The minimum absolute atomic E-state index is 0.0286. The number of carbonyl (C=O) groups excluding carboxylic acids is 1. The Bertz CT molecular complexity index is 1040. The second-order valence-corrected chi connectivity index (χ2v) is 7.54. The standard InChI is InChI=1S/C21H22N6O/c1-13-15(11-23-26(13)2)16-6-7-17-20(24-16)19(14-8-10-27(17)12-14)21(28)25-18-5-3-4-9-22-18/h3-7,9,11,14,19H,8,10,12H2,1-2H3,(H,22,25,28)/t14-,19?/m0/s1. The smallest absolute Gasteiger partial charge is 0.235 e. The first kappa shape index (κ1) is 16.9. The molecule has 1 saturated heterocycles. The highest BCUT2D eigenvalue weighted by molar-refractivity contribution is 5.97. The molecule has 1 unspecified atom stereocenters. The first-order valence-corrected chi connectivity index (χ1v) is 9.58. The Morgan fingerprint density at radius 3 is 2.89 bits per heavy atom. The number of nitrogens with zero attached hydrogens (tertiary/aromatic N) is 5. The van der Waals surface area contributed by atoms with Crippen molar-refractivity contribution in [3.63, 3.8) is 0 Å². The lowest BCUT2D eigenvalue weighted by Gasteiger charge is -2.32. The van der Waals surface area contributed by atoms with Gasteiger partial charge >= 0.3 is 0 Å². The molecule has 0 aromatic carbocycles. The van der Waals surface area contributed by atoms with E-state index < -0.39 is 0 Å². The molecule has 2 aliphatic rings. The molecular weight excluding hydrogens is 352 g/mol. The summed E-state index contributed by atoms with van der Waals surface area (Å²) in [5.74, 6) is 0.550. The quantitative estimate of drug-likeness (QED) is 0.763. The van der Waals surface area contributed by atoms with Crippen molar-refractivity contribution in [2.75, 3.05) is 23.3 Å². The first-order valence-electron chi connectivity index (χ1n) is 9.58. The molecule has 142 valence electrons. The molecule has 2 aliphatic heterocycles. The molecule has 1 N–H and O–H groups in total. The third-order valence-electron chi connectivity index (χ3n) is 5.94. The van der Waals surface area contributed by atoms with E-state index in [0.717, 1.165) is 47.8 Å². The molecule has 3 aromatic rings. The van der Waals surface area contributed by atoms with E-state index in [1.807, 2.05) is 49.1 Å². The Balaban J connectivity index is 1.55. The number of aromatic nitrogens is 4. The van der Waals surface area contributed by atoms with Crippen LogP contribution in [0.1, 0.15) is 23.7 Å². The second-order valence-electron chi connectivity index (χ2n) is 7.54. The Kier molecular flexibility index (Phi) is 3.89. The number of fused-ring (bicyclic) bond motifs is 4. The molecule has 2 bridgehead atoms. The summed E-state index contributed by atoms with van der Waals surface area (Å²) in [4.78, 5) is 24.8. The van der Waals surface area contributed by atoms with E-state index in [4.69, 9.17) is 4.98 Å². The molecule has 7 heteroatoms. The first-order chi connectivity index (χ1) is 13.6. The third kappa shape index (κ3) is 2.66. The van der Waals surface area contributed by atoms with Crippen molar-refractivity contribution in [1.82, 2.24) is 19.7 Å². The second kappa shape index (κ2) is 6.44. The molecule has 1 fully saturated rings. The van der Waals surface area contributed by atoms with Crippen LogP contribution in [0.15, 0.2) is 42.7 Å². The summed E-state index contributed by atoms with van der Waals surface area (Å²) in [6.45, 7) is 3.90. The summed E-state index contributed by atoms with van der Waals surface area (Å²) in [5.41, 5.74) is 4.86. The van der Waals surface area contributed by atoms with Crippen LogP contribution in [-0.2, 0) is 11.8 Å². The largest absolute Gasteiger partial charge is 0.370 e. The van der Waals surface area contributed by atoms with Crippen molar-refractivity contribution in [3.8, 4) is 11.3 Å². The van der Waals surface area contributed by atoms with Gasteiger partial charge < -0.3 is 10.2 Å². The van der Waals surface area contributed by atoms with Gasteiger partial charge in [0.25, 0.3) is 0 Å². The SMILES string of the molecule is Cc1c(-c2ccc3c(n2)C(C(=O)Nc2ccccn2)[C@H]2CCN3C2)cnn1C. The van der Waals surface area contributed by atoms with Crippen molar-refractivity contribution in [2.45, 2.75) is 19.3 Å². The molecule has 0 spiro atoms. The number of hydrogen-bond acceptors (Lipinski definition) is 5. The number of amides is 1. The number of anilines is 2. The van der Waals surface area contributed by atoms with Gasteiger partial charge in [-0.25, -0.2) is 9.97 Å². The maximum atomic E-state index is 13.2. The maximum Gasteiger partial charge on any atom is 0.235 e. The molecule has 0 radical (unpaired) electrons. The molecule has 3 aromatic heterocycles. The van der Waals surface area contributed by atoms with Crippen molar-refractivity contribution in [3.05, 3.63) is 54.1 Å². The monoisotopic (exact) mass is 374 g/mol. The summed E-state index contributed by atoms with van der Waals surface area (Å²) in [6.07, 6.45) is 4.52.